The Morgan fingerprint density at radius 3 is 1.19 bits per heavy atom. The smallest absolute Gasteiger partial charge is 0.153 e. The van der Waals surface area contributed by atoms with E-state index in [1.54, 1.807) is 0 Å². The van der Waals surface area contributed by atoms with Crippen molar-refractivity contribution in [1.29, 1.82) is 0 Å². The van der Waals surface area contributed by atoms with Crippen LogP contribution in [-0.2, 0) is 0 Å². The number of carbonyl (C=O) groups is 1. The Morgan fingerprint density at radius 2 is 0.789 bits per heavy atom. The highest BCUT2D eigenvalue weighted by molar-refractivity contribution is 5.84. The lowest BCUT2D eigenvalue weighted by Crippen LogP contribution is -2.10. The SMILES string of the molecule is CCCCCCOc1ccc(N(c2ccc(/C=C/c3cc(OCCCCCC)c(C=O)cc3OCCCCCC)cc2)c2ccc(OCCCCCC)cc2)cc1. The molecule has 0 bridgehead atoms. The number of ether oxygens (including phenoxy) is 4. The molecule has 0 aromatic heterocycles. The first kappa shape index (κ1) is 45.0. The van der Waals surface area contributed by atoms with Crippen molar-refractivity contribution in [2.24, 2.45) is 0 Å². The molecule has 0 fully saturated rings. The van der Waals surface area contributed by atoms with Crippen LogP contribution >= 0.6 is 0 Å². The van der Waals surface area contributed by atoms with Crippen molar-refractivity contribution in [3.8, 4) is 23.0 Å². The molecule has 4 rings (SSSR count). The first-order chi connectivity index (χ1) is 28.1. The summed E-state index contributed by atoms with van der Waals surface area (Å²) < 4.78 is 24.6. The Bertz CT molecular complexity index is 1640. The summed E-state index contributed by atoms with van der Waals surface area (Å²) in [6.45, 7) is 11.5. The number of hydrogen-bond acceptors (Lipinski definition) is 6. The molecule has 57 heavy (non-hydrogen) atoms. The summed E-state index contributed by atoms with van der Waals surface area (Å²) in [4.78, 5) is 14.4. The number of unbranched alkanes of at least 4 members (excludes halogenated alkanes) is 12. The third-order valence-corrected chi connectivity index (χ3v) is 10.1. The van der Waals surface area contributed by atoms with Crippen LogP contribution in [-0.4, -0.2) is 32.7 Å². The van der Waals surface area contributed by atoms with E-state index in [4.69, 9.17) is 18.9 Å². The molecule has 6 heteroatoms. The second-order valence-corrected chi connectivity index (χ2v) is 14.9. The van der Waals surface area contributed by atoms with Crippen LogP contribution in [0.15, 0.2) is 84.9 Å². The van der Waals surface area contributed by atoms with Gasteiger partial charge in [-0.1, -0.05) is 129 Å². The van der Waals surface area contributed by atoms with Crippen LogP contribution in [0.3, 0.4) is 0 Å². The Labute approximate surface area is 344 Å². The minimum atomic E-state index is 0.522. The zero-order chi connectivity index (χ0) is 40.3. The van der Waals surface area contributed by atoms with E-state index < -0.39 is 0 Å². The number of aldehydes is 1. The van der Waals surface area contributed by atoms with Gasteiger partial charge in [-0.3, -0.25) is 4.79 Å². The Kier molecular flexibility index (Phi) is 21.3. The van der Waals surface area contributed by atoms with E-state index in [1.165, 1.54) is 64.2 Å². The van der Waals surface area contributed by atoms with Gasteiger partial charge in [0.05, 0.1) is 32.0 Å². The molecule has 0 saturated carbocycles. The van der Waals surface area contributed by atoms with E-state index in [0.29, 0.717) is 30.3 Å². The topological polar surface area (TPSA) is 57.2 Å². The fraction of sp³-hybridized carbons (Fsp3) is 0.471. The molecule has 0 aliphatic carbocycles. The van der Waals surface area contributed by atoms with E-state index in [2.05, 4.69) is 118 Å². The van der Waals surface area contributed by atoms with E-state index >= 15 is 0 Å². The monoisotopic (exact) mass is 776 g/mol. The first-order valence-electron chi connectivity index (χ1n) is 22.0. The molecular weight excluding hydrogens is 707 g/mol. The molecule has 4 aromatic rings. The number of rotatable bonds is 30. The largest absolute Gasteiger partial charge is 0.494 e. The van der Waals surface area contributed by atoms with E-state index in [0.717, 1.165) is 97.7 Å². The number of benzene rings is 4. The maximum absolute atomic E-state index is 12.1. The maximum Gasteiger partial charge on any atom is 0.153 e. The van der Waals surface area contributed by atoms with Crippen LogP contribution in [0.5, 0.6) is 23.0 Å². The highest BCUT2D eigenvalue weighted by atomic mass is 16.5. The van der Waals surface area contributed by atoms with Gasteiger partial charge in [0.15, 0.2) is 6.29 Å². The normalized spacial score (nSPS) is 11.2. The lowest BCUT2D eigenvalue weighted by Gasteiger charge is -2.26. The average Bonchev–Trinajstić information content (AvgIpc) is 3.24. The molecule has 0 radical (unpaired) electrons. The molecule has 0 amide bonds. The summed E-state index contributed by atoms with van der Waals surface area (Å²) in [5.41, 5.74) is 5.59. The van der Waals surface area contributed by atoms with E-state index in [9.17, 15) is 4.79 Å². The van der Waals surface area contributed by atoms with Crippen molar-refractivity contribution in [3.05, 3.63) is 102 Å². The van der Waals surface area contributed by atoms with Gasteiger partial charge in [0.2, 0.25) is 0 Å². The zero-order valence-corrected chi connectivity index (χ0v) is 35.4. The Hall–Kier alpha value is -4.71. The zero-order valence-electron chi connectivity index (χ0n) is 35.4. The predicted molar refractivity (Wildman–Crippen MR) is 240 cm³/mol. The molecular formula is C51H69NO5. The van der Waals surface area contributed by atoms with E-state index in [-0.39, 0.29) is 0 Å². The van der Waals surface area contributed by atoms with Crippen LogP contribution in [0.2, 0.25) is 0 Å². The number of nitrogens with zero attached hydrogens (tertiary/aromatic N) is 1. The molecule has 0 aliphatic rings. The number of anilines is 3. The van der Waals surface area contributed by atoms with Crippen molar-refractivity contribution >= 4 is 35.5 Å². The van der Waals surface area contributed by atoms with Crippen LogP contribution in [0, 0.1) is 0 Å². The van der Waals surface area contributed by atoms with Crippen molar-refractivity contribution < 1.29 is 23.7 Å². The fourth-order valence-electron chi connectivity index (χ4n) is 6.67. The Balaban J connectivity index is 1.57. The maximum atomic E-state index is 12.1. The van der Waals surface area contributed by atoms with Gasteiger partial charge in [-0.2, -0.15) is 0 Å². The molecule has 6 nitrogen and oxygen atoms in total. The van der Waals surface area contributed by atoms with Crippen LogP contribution in [0.4, 0.5) is 17.1 Å². The van der Waals surface area contributed by atoms with Gasteiger partial charge < -0.3 is 23.8 Å². The molecule has 0 unspecified atom stereocenters. The molecule has 4 aromatic carbocycles. The summed E-state index contributed by atoms with van der Waals surface area (Å²) in [7, 11) is 0. The van der Waals surface area contributed by atoms with Crippen LogP contribution in [0.25, 0.3) is 12.2 Å². The molecule has 0 N–H and O–H groups in total. The van der Waals surface area contributed by atoms with Crippen molar-refractivity contribution in [3.63, 3.8) is 0 Å². The third-order valence-electron chi connectivity index (χ3n) is 10.1. The average molecular weight is 776 g/mol. The minimum absolute atomic E-state index is 0.522. The van der Waals surface area contributed by atoms with Gasteiger partial charge in [0.25, 0.3) is 0 Å². The number of hydrogen-bond donors (Lipinski definition) is 0. The first-order valence-corrected chi connectivity index (χ1v) is 22.0. The minimum Gasteiger partial charge on any atom is -0.494 e. The summed E-state index contributed by atoms with van der Waals surface area (Å²) >= 11 is 0. The molecule has 0 saturated heterocycles. The van der Waals surface area contributed by atoms with Gasteiger partial charge in [-0.15, -0.1) is 0 Å². The Morgan fingerprint density at radius 1 is 0.421 bits per heavy atom. The fourth-order valence-corrected chi connectivity index (χ4v) is 6.67. The summed E-state index contributed by atoms with van der Waals surface area (Å²) in [5.74, 6) is 3.08. The molecule has 0 spiro atoms. The quantitative estimate of drug-likeness (QED) is 0.0299. The molecule has 308 valence electrons. The molecule has 0 atom stereocenters. The lowest BCUT2D eigenvalue weighted by molar-refractivity contribution is 0.111. The highest BCUT2D eigenvalue weighted by Gasteiger charge is 2.14. The van der Waals surface area contributed by atoms with Crippen LogP contribution < -0.4 is 23.8 Å². The van der Waals surface area contributed by atoms with Crippen molar-refractivity contribution in [2.45, 2.75) is 130 Å². The third kappa shape index (κ3) is 16.0. The molecule has 0 heterocycles. The lowest BCUT2D eigenvalue weighted by atomic mass is 10.1. The number of carbonyl (C=O) groups excluding carboxylic acids is 1. The van der Waals surface area contributed by atoms with Gasteiger partial charge in [0, 0.05) is 22.6 Å². The molecule has 0 aliphatic heterocycles. The predicted octanol–water partition coefficient (Wildman–Crippen LogP) is 15.0. The van der Waals surface area contributed by atoms with Gasteiger partial charge >= 0.3 is 0 Å². The highest BCUT2D eigenvalue weighted by Crippen LogP contribution is 2.37. The van der Waals surface area contributed by atoms with Gasteiger partial charge in [-0.25, -0.2) is 0 Å². The standard InChI is InChI=1S/C51H69NO5/c1-5-9-13-17-35-54-48-31-27-46(28-32-48)52(47-29-33-49(34-30-47)55-36-18-14-10-6-2)45-25-22-42(23-26-45)21-24-43-39-51(57-38-20-16-12-8-4)44(41-53)40-50(43)56-37-19-15-11-7-3/h21-34,39-41H,5-20,35-38H2,1-4H3/b24-21+. The summed E-state index contributed by atoms with van der Waals surface area (Å²) in [6.07, 6.45) is 23.4. The van der Waals surface area contributed by atoms with Gasteiger partial charge in [-0.05, 0) is 104 Å². The second-order valence-electron chi connectivity index (χ2n) is 14.9. The summed E-state index contributed by atoms with van der Waals surface area (Å²) in [6, 6.07) is 29.1. The second kappa shape index (κ2) is 27.0. The van der Waals surface area contributed by atoms with Crippen molar-refractivity contribution in [1.82, 2.24) is 0 Å². The van der Waals surface area contributed by atoms with E-state index in [1.807, 2.05) is 12.1 Å². The summed E-state index contributed by atoms with van der Waals surface area (Å²) in [5, 5.41) is 0. The van der Waals surface area contributed by atoms with Gasteiger partial charge in [0.1, 0.15) is 23.0 Å². The van der Waals surface area contributed by atoms with Crippen LogP contribution in [0.1, 0.15) is 152 Å². The van der Waals surface area contributed by atoms with Crippen molar-refractivity contribution in [2.75, 3.05) is 31.3 Å².